The first-order valence-electron chi connectivity index (χ1n) is 2.37. The molecule has 0 aromatic heterocycles. The number of aldehydes is 1. The third kappa shape index (κ3) is 3.28. The zero-order valence-corrected chi connectivity index (χ0v) is 4.59. The molecular formula is C6H8O2. The van der Waals surface area contributed by atoms with Gasteiger partial charge in [0.15, 0.2) is 0 Å². The monoisotopic (exact) mass is 112 g/mol. The number of allylic oxidation sites excluding steroid dienone is 1. The lowest BCUT2D eigenvalue weighted by atomic mass is 10.2. The molecule has 0 unspecified atom stereocenters. The molecule has 0 N–H and O–H groups in total. The Morgan fingerprint density at radius 2 is 2.12 bits per heavy atom. The Balaban J connectivity index is 3.32. The summed E-state index contributed by atoms with van der Waals surface area (Å²) in [6.45, 7) is 3.35. The Kier molecular flexibility index (Phi) is 3.76. The molecular weight excluding hydrogens is 104 g/mol. The zero-order valence-electron chi connectivity index (χ0n) is 4.59. The molecule has 0 saturated heterocycles. The van der Waals surface area contributed by atoms with Gasteiger partial charge < -0.3 is 4.79 Å². The largest absolute Gasteiger partial charge is 0.303 e. The van der Waals surface area contributed by atoms with Gasteiger partial charge in [0.2, 0.25) is 0 Å². The normalized spacial score (nSPS) is 8.00. The first kappa shape index (κ1) is 7.08. The van der Waals surface area contributed by atoms with E-state index in [1.165, 1.54) is 6.08 Å². The number of hydrogen-bond donors (Lipinski definition) is 0. The van der Waals surface area contributed by atoms with Crippen LogP contribution >= 0.6 is 0 Å². The summed E-state index contributed by atoms with van der Waals surface area (Å²) in [7, 11) is 0. The number of hydrogen-bond acceptors (Lipinski definition) is 2. The van der Waals surface area contributed by atoms with Crippen LogP contribution in [0.2, 0.25) is 0 Å². The highest BCUT2D eigenvalue weighted by atomic mass is 16.1. The highest BCUT2D eigenvalue weighted by molar-refractivity contribution is 5.90. The van der Waals surface area contributed by atoms with Crippen molar-refractivity contribution in [1.82, 2.24) is 0 Å². The predicted octanol–water partition coefficient (Wildman–Crippen LogP) is 0.721. The van der Waals surface area contributed by atoms with Crippen LogP contribution in [0, 0.1) is 0 Å². The standard InChI is InChI=1S/C6H8O2/c1-2-3-6(8)4-5-7/h2,5H,1,3-4H2. The average molecular weight is 112 g/mol. The van der Waals surface area contributed by atoms with Gasteiger partial charge in [0.1, 0.15) is 12.1 Å². The lowest BCUT2D eigenvalue weighted by molar-refractivity contribution is -0.121. The molecule has 0 aliphatic heterocycles. The average Bonchev–Trinajstić information content (AvgIpc) is 1.68. The molecule has 0 aromatic carbocycles. The van der Waals surface area contributed by atoms with Crippen LogP contribution in [0.15, 0.2) is 12.7 Å². The number of carbonyl (C=O) groups is 2. The molecule has 0 saturated carbocycles. The first-order chi connectivity index (χ1) is 3.81. The Labute approximate surface area is 48.2 Å². The zero-order chi connectivity index (χ0) is 6.41. The topological polar surface area (TPSA) is 34.1 Å². The van der Waals surface area contributed by atoms with E-state index in [0.29, 0.717) is 12.7 Å². The second kappa shape index (κ2) is 4.24. The molecule has 0 aromatic rings. The summed E-state index contributed by atoms with van der Waals surface area (Å²) in [5, 5.41) is 0. The summed E-state index contributed by atoms with van der Waals surface area (Å²) in [4.78, 5) is 20.0. The Morgan fingerprint density at radius 1 is 1.50 bits per heavy atom. The molecule has 0 radical (unpaired) electrons. The van der Waals surface area contributed by atoms with Crippen molar-refractivity contribution in [3.63, 3.8) is 0 Å². The van der Waals surface area contributed by atoms with Crippen LogP contribution < -0.4 is 0 Å². The van der Waals surface area contributed by atoms with Crippen molar-refractivity contribution in [2.24, 2.45) is 0 Å². The van der Waals surface area contributed by atoms with E-state index in [4.69, 9.17) is 0 Å². The molecule has 8 heavy (non-hydrogen) atoms. The summed E-state index contributed by atoms with van der Waals surface area (Å²) < 4.78 is 0. The van der Waals surface area contributed by atoms with Gasteiger partial charge in [-0.3, -0.25) is 4.79 Å². The lowest BCUT2D eigenvalue weighted by Crippen LogP contribution is -1.94. The van der Waals surface area contributed by atoms with E-state index in [2.05, 4.69) is 6.58 Å². The van der Waals surface area contributed by atoms with E-state index in [1.807, 2.05) is 0 Å². The third-order valence-corrected chi connectivity index (χ3v) is 0.683. The molecule has 0 atom stereocenters. The Morgan fingerprint density at radius 3 is 2.50 bits per heavy atom. The molecule has 0 fully saturated rings. The van der Waals surface area contributed by atoms with Crippen LogP contribution in [0.5, 0.6) is 0 Å². The lowest BCUT2D eigenvalue weighted by Gasteiger charge is -1.83. The SMILES string of the molecule is C=CCC(=O)CC=O. The second-order valence-electron chi connectivity index (χ2n) is 1.40. The van der Waals surface area contributed by atoms with Gasteiger partial charge in [0, 0.05) is 6.42 Å². The fourth-order valence-corrected chi connectivity index (χ4v) is 0.337. The maximum absolute atomic E-state index is 10.3. The van der Waals surface area contributed by atoms with E-state index in [0.717, 1.165) is 0 Å². The maximum Gasteiger partial charge on any atom is 0.143 e. The van der Waals surface area contributed by atoms with Gasteiger partial charge in [-0.25, -0.2) is 0 Å². The van der Waals surface area contributed by atoms with Gasteiger partial charge in [-0.05, 0) is 0 Å². The van der Waals surface area contributed by atoms with Crippen molar-refractivity contribution in [1.29, 1.82) is 0 Å². The van der Waals surface area contributed by atoms with E-state index in [1.54, 1.807) is 0 Å². The Bertz CT molecular complexity index is 93.1. The minimum absolute atomic E-state index is 0.0199. The van der Waals surface area contributed by atoms with Gasteiger partial charge >= 0.3 is 0 Å². The fourth-order valence-electron chi connectivity index (χ4n) is 0.337. The fraction of sp³-hybridized carbons (Fsp3) is 0.333. The molecule has 0 heterocycles. The number of Topliss-reactive ketones (excluding diaryl/α,β-unsaturated/α-hetero) is 1. The summed E-state index contributed by atoms with van der Waals surface area (Å²) in [6, 6.07) is 0. The van der Waals surface area contributed by atoms with E-state index in [-0.39, 0.29) is 12.2 Å². The molecule has 0 aliphatic carbocycles. The van der Waals surface area contributed by atoms with Crippen LogP contribution in [-0.2, 0) is 9.59 Å². The molecule has 0 spiro atoms. The van der Waals surface area contributed by atoms with E-state index in [9.17, 15) is 9.59 Å². The summed E-state index contributed by atoms with van der Waals surface area (Å²) in [5.74, 6) is -0.0741. The summed E-state index contributed by atoms with van der Waals surface area (Å²) >= 11 is 0. The van der Waals surface area contributed by atoms with E-state index >= 15 is 0 Å². The minimum Gasteiger partial charge on any atom is -0.303 e. The molecule has 0 amide bonds. The highest BCUT2D eigenvalue weighted by Gasteiger charge is 1.93. The summed E-state index contributed by atoms with van der Waals surface area (Å²) in [6.07, 6.45) is 2.42. The highest BCUT2D eigenvalue weighted by Crippen LogP contribution is 1.85. The number of carbonyl (C=O) groups excluding carboxylic acids is 2. The van der Waals surface area contributed by atoms with E-state index < -0.39 is 0 Å². The summed E-state index contributed by atoms with van der Waals surface area (Å²) in [5.41, 5.74) is 0. The van der Waals surface area contributed by atoms with Crippen molar-refractivity contribution in [2.45, 2.75) is 12.8 Å². The van der Waals surface area contributed by atoms with Crippen LogP contribution in [-0.4, -0.2) is 12.1 Å². The van der Waals surface area contributed by atoms with Gasteiger partial charge in [-0.2, -0.15) is 0 Å². The van der Waals surface area contributed by atoms with Gasteiger partial charge in [0.25, 0.3) is 0 Å². The van der Waals surface area contributed by atoms with Crippen LogP contribution in [0.4, 0.5) is 0 Å². The van der Waals surface area contributed by atoms with Crippen LogP contribution in [0.3, 0.4) is 0 Å². The number of rotatable bonds is 4. The first-order valence-corrected chi connectivity index (χ1v) is 2.37. The Hall–Kier alpha value is -0.920. The van der Waals surface area contributed by atoms with Crippen LogP contribution in [0.1, 0.15) is 12.8 Å². The van der Waals surface area contributed by atoms with Gasteiger partial charge in [-0.15, -0.1) is 6.58 Å². The van der Waals surface area contributed by atoms with Crippen molar-refractivity contribution < 1.29 is 9.59 Å². The quantitative estimate of drug-likeness (QED) is 0.305. The number of ketones is 1. The molecule has 2 heteroatoms. The molecule has 44 valence electrons. The predicted molar refractivity (Wildman–Crippen MR) is 30.5 cm³/mol. The molecule has 2 nitrogen and oxygen atoms in total. The third-order valence-electron chi connectivity index (χ3n) is 0.683. The van der Waals surface area contributed by atoms with Crippen molar-refractivity contribution in [3.8, 4) is 0 Å². The molecule has 0 rings (SSSR count). The van der Waals surface area contributed by atoms with Crippen molar-refractivity contribution in [3.05, 3.63) is 12.7 Å². The smallest absolute Gasteiger partial charge is 0.143 e. The van der Waals surface area contributed by atoms with Gasteiger partial charge in [-0.1, -0.05) is 6.08 Å². The second-order valence-corrected chi connectivity index (χ2v) is 1.40. The van der Waals surface area contributed by atoms with Crippen molar-refractivity contribution in [2.75, 3.05) is 0 Å². The maximum atomic E-state index is 10.3. The minimum atomic E-state index is -0.0741. The molecule has 0 aliphatic rings. The molecule has 0 bridgehead atoms. The van der Waals surface area contributed by atoms with Crippen LogP contribution in [0.25, 0.3) is 0 Å². The van der Waals surface area contributed by atoms with Crippen molar-refractivity contribution >= 4 is 12.1 Å². The van der Waals surface area contributed by atoms with Gasteiger partial charge in [0.05, 0.1) is 6.42 Å².